The zero-order valence-corrected chi connectivity index (χ0v) is 18.2. The smallest absolute Gasteiger partial charge is 0.337 e. The summed E-state index contributed by atoms with van der Waals surface area (Å²) in [6.45, 7) is 2.62. The van der Waals surface area contributed by atoms with Crippen LogP contribution in [-0.4, -0.2) is 52.0 Å². The van der Waals surface area contributed by atoms with Crippen LogP contribution < -0.4 is 0 Å². The Hall–Kier alpha value is -2.94. The Morgan fingerprint density at radius 3 is 2.06 bits per heavy atom. The number of amides is 1. The van der Waals surface area contributed by atoms with Gasteiger partial charge in [0, 0.05) is 43.9 Å². The summed E-state index contributed by atoms with van der Waals surface area (Å²) in [7, 11) is 0. The molecule has 1 amide bonds. The van der Waals surface area contributed by atoms with Crippen LogP contribution in [0.4, 0.5) is 18.9 Å². The molecule has 2 aromatic carbocycles. The molecule has 0 bridgehead atoms. The monoisotopic (exact) mass is 461 g/mol. The molecule has 0 aromatic heterocycles. The van der Waals surface area contributed by atoms with E-state index in [1.54, 1.807) is 12.1 Å². The fourth-order valence-corrected chi connectivity index (χ4v) is 5.08. The van der Waals surface area contributed by atoms with Crippen molar-refractivity contribution in [1.29, 1.82) is 0 Å². The number of alkyl halides is 3. The first kappa shape index (κ1) is 23.2. The number of carbonyl (C=O) groups excluding carboxylic acids is 1. The number of likely N-dealkylation sites (tertiary alicyclic amines) is 2. The lowest BCUT2D eigenvalue weighted by molar-refractivity contribution is -0.384. The molecule has 33 heavy (non-hydrogen) atoms. The Morgan fingerprint density at radius 2 is 1.52 bits per heavy atom. The van der Waals surface area contributed by atoms with E-state index in [4.69, 9.17) is 0 Å². The highest BCUT2D eigenvalue weighted by molar-refractivity contribution is 5.78. The zero-order chi connectivity index (χ0) is 23.6. The molecular weight excluding hydrogens is 435 g/mol. The number of non-ortho nitro benzene ring substituents is 1. The molecule has 2 heterocycles. The number of halogens is 3. The summed E-state index contributed by atoms with van der Waals surface area (Å²) in [5, 5.41) is 10.8. The van der Waals surface area contributed by atoms with Crippen LogP contribution in [0.1, 0.15) is 37.7 Å². The summed E-state index contributed by atoms with van der Waals surface area (Å²) < 4.78 is 38.2. The lowest BCUT2D eigenvalue weighted by atomic mass is 9.84. The van der Waals surface area contributed by atoms with Gasteiger partial charge < -0.3 is 4.90 Å². The van der Waals surface area contributed by atoms with Gasteiger partial charge in [-0.05, 0) is 54.5 Å². The van der Waals surface area contributed by atoms with E-state index in [0.717, 1.165) is 49.2 Å². The van der Waals surface area contributed by atoms with E-state index in [1.807, 2.05) is 24.3 Å². The highest BCUT2D eigenvalue weighted by Crippen LogP contribution is 2.40. The largest absolute Gasteiger partial charge is 0.397 e. The second-order valence-electron chi connectivity index (χ2n) is 8.94. The van der Waals surface area contributed by atoms with Crippen molar-refractivity contribution in [3.63, 3.8) is 0 Å². The quantitative estimate of drug-likeness (QED) is 0.455. The number of carbonyl (C=O) groups is 1. The Morgan fingerprint density at radius 1 is 0.939 bits per heavy atom. The van der Waals surface area contributed by atoms with Crippen molar-refractivity contribution >= 4 is 11.6 Å². The molecule has 176 valence electrons. The summed E-state index contributed by atoms with van der Waals surface area (Å²) in [6, 6.07) is 14.4. The second kappa shape index (κ2) is 9.13. The molecule has 9 heteroatoms. The molecule has 2 aliphatic rings. The first-order valence-corrected chi connectivity index (χ1v) is 11.1. The molecule has 2 aliphatic heterocycles. The van der Waals surface area contributed by atoms with Crippen molar-refractivity contribution in [3.8, 4) is 11.1 Å². The zero-order valence-electron chi connectivity index (χ0n) is 18.2. The summed E-state index contributed by atoms with van der Waals surface area (Å²) in [4.78, 5) is 26.4. The van der Waals surface area contributed by atoms with Gasteiger partial charge in [0.1, 0.15) is 6.42 Å². The van der Waals surface area contributed by atoms with Crippen LogP contribution in [0.15, 0.2) is 48.5 Å². The van der Waals surface area contributed by atoms with Crippen molar-refractivity contribution in [2.24, 2.45) is 0 Å². The number of hydrogen-bond donors (Lipinski definition) is 0. The molecule has 0 atom stereocenters. The maximum atomic E-state index is 12.7. The Kier molecular flexibility index (Phi) is 6.43. The van der Waals surface area contributed by atoms with E-state index < -0.39 is 29.0 Å². The first-order chi connectivity index (χ1) is 15.7. The Balaban J connectivity index is 1.34. The summed E-state index contributed by atoms with van der Waals surface area (Å²) in [5.41, 5.74) is 2.61. The second-order valence-corrected chi connectivity index (χ2v) is 8.94. The minimum absolute atomic E-state index is 0.0548. The fraction of sp³-hybridized carbons (Fsp3) is 0.458. The van der Waals surface area contributed by atoms with Crippen LogP contribution in [0.25, 0.3) is 11.1 Å². The summed E-state index contributed by atoms with van der Waals surface area (Å²) in [5.74, 6) is -0.796. The van der Waals surface area contributed by atoms with Gasteiger partial charge in [-0.25, -0.2) is 0 Å². The molecule has 2 aromatic rings. The first-order valence-electron chi connectivity index (χ1n) is 11.1. The van der Waals surface area contributed by atoms with Crippen LogP contribution in [0.5, 0.6) is 0 Å². The molecule has 0 saturated carbocycles. The van der Waals surface area contributed by atoms with Crippen molar-refractivity contribution in [2.45, 2.75) is 50.4 Å². The lowest BCUT2D eigenvalue weighted by Crippen LogP contribution is -2.54. The number of hydrogen-bond acceptors (Lipinski definition) is 4. The fourth-order valence-electron chi connectivity index (χ4n) is 5.08. The maximum Gasteiger partial charge on any atom is 0.397 e. The van der Waals surface area contributed by atoms with Crippen LogP contribution in [0.3, 0.4) is 0 Å². The molecular formula is C24H26F3N3O3. The van der Waals surface area contributed by atoms with Crippen molar-refractivity contribution in [3.05, 3.63) is 64.2 Å². The van der Waals surface area contributed by atoms with Crippen LogP contribution in [-0.2, 0) is 11.3 Å². The molecule has 6 nitrogen and oxygen atoms in total. The third-order valence-corrected chi connectivity index (χ3v) is 6.81. The summed E-state index contributed by atoms with van der Waals surface area (Å²) in [6.07, 6.45) is -2.93. The highest BCUT2D eigenvalue weighted by atomic mass is 19.4. The maximum absolute atomic E-state index is 12.7. The van der Waals surface area contributed by atoms with Crippen molar-refractivity contribution in [1.82, 2.24) is 9.80 Å². The highest BCUT2D eigenvalue weighted by Gasteiger charge is 2.47. The predicted molar refractivity (Wildman–Crippen MR) is 117 cm³/mol. The van der Waals surface area contributed by atoms with Gasteiger partial charge in [-0.2, -0.15) is 13.2 Å². The number of nitro benzene ring substituents is 1. The van der Waals surface area contributed by atoms with E-state index >= 15 is 0 Å². The third kappa shape index (κ3) is 5.35. The van der Waals surface area contributed by atoms with Gasteiger partial charge in [0.05, 0.1) is 4.92 Å². The Bertz CT molecular complexity index is 998. The molecule has 0 N–H and O–H groups in total. The standard InChI is InChI=1S/C24H26F3N3O3/c25-24(26,27)16-22(31)29-13-1-10-23(29)11-14-28(15-12-23)17-18-2-4-19(5-3-18)20-6-8-21(9-7-20)30(32)33/h2-9H,1,10-17H2. The van der Waals surface area contributed by atoms with Gasteiger partial charge in [-0.1, -0.05) is 24.3 Å². The molecule has 2 saturated heterocycles. The van der Waals surface area contributed by atoms with E-state index in [1.165, 1.54) is 17.0 Å². The number of piperidine rings is 1. The van der Waals surface area contributed by atoms with Crippen LogP contribution in [0, 0.1) is 10.1 Å². The van der Waals surface area contributed by atoms with Crippen LogP contribution >= 0.6 is 0 Å². The SMILES string of the molecule is O=C(CC(F)(F)F)N1CCCC12CCN(Cc1ccc(-c3ccc([N+](=O)[O-])cc3)cc1)CC2. The van der Waals surface area contributed by atoms with Gasteiger partial charge in [-0.15, -0.1) is 0 Å². The Labute approximate surface area is 190 Å². The molecule has 4 rings (SSSR count). The molecule has 0 aliphatic carbocycles. The van der Waals surface area contributed by atoms with Gasteiger partial charge in [0.2, 0.25) is 5.91 Å². The van der Waals surface area contributed by atoms with E-state index in [9.17, 15) is 28.1 Å². The van der Waals surface area contributed by atoms with Gasteiger partial charge >= 0.3 is 6.18 Å². The number of benzene rings is 2. The topological polar surface area (TPSA) is 66.7 Å². The van der Waals surface area contributed by atoms with Crippen LogP contribution in [0.2, 0.25) is 0 Å². The minimum Gasteiger partial charge on any atom is -0.337 e. The van der Waals surface area contributed by atoms with Gasteiger partial charge in [0.15, 0.2) is 0 Å². The summed E-state index contributed by atoms with van der Waals surface area (Å²) >= 11 is 0. The normalized spacial score (nSPS) is 18.6. The number of nitro groups is 1. The molecule has 1 spiro atoms. The predicted octanol–water partition coefficient (Wildman–Crippen LogP) is 5.17. The van der Waals surface area contributed by atoms with E-state index in [0.29, 0.717) is 19.4 Å². The number of rotatable bonds is 5. The van der Waals surface area contributed by atoms with Gasteiger partial charge in [0.25, 0.3) is 5.69 Å². The van der Waals surface area contributed by atoms with Crippen molar-refractivity contribution < 1.29 is 22.9 Å². The van der Waals surface area contributed by atoms with E-state index in [-0.39, 0.29) is 5.69 Å². The average Bonchev–Trinajstić information content (AvgIpc) is 3.18. The molecule has 2 fully saturated rings. The third-order valence-electron chi connectivity index (χ3n) is 6.81. The molecule has 0 radical (unpaired) electrons. The molecule has 0 unspecified atom stereocenters. The lowest BCUT2D eigenvalue weighted by Gasteiger charge is -2.45. The average molecular weight is 461 g/mol. The van der Waals surface area contributed by atoms with Gasteiger partial charge in [-0.3, -0.25) is 19.8 Å². The van der Waals surface area contributed by atoms with E-state index in [2.05, 4.69) is 4.90 Å². The minimum atomic E-state index is -4.47. The van der Waals surface area contributed by atoms with Crippen molar-refractivity contribution in [2.75, 3.05) is 19.6 Å². The number of nitrogens with zero attached hydrogens (tertiary/aromatic N) is 3.